The van der Waals surface area contributed by atoms with E-state index in [1.165, 1.54) is 4.31 Å². The third kappa shape index (κ3) is 6.42. The summed E-state index contributed by atoms with van der Waals surface area (Å²) < 4.78 is 37.0. The van der Waals surface area contributed by atoms with Crippen molar-refractivity contribution in [2.24, 2.45) is 0 Å². The standard InChI is InChI=1S/C21H28N2O5S/c1-17-10-11-20(28-17)14-22(13-18-7-4-3-5-8-18)21(24)16-23(29(2,25)26)15-19-9-6-12-27-19/h3-5,7-8,10-11,19H,6,9,12-16H2,1-2H3/t19-/m0/s1. The largest absolute Gasteiger partial charge is 0.464 e. The Kier molecular flexibility index (Phi) is 7.10. The second kappa shape index (κ2) is 9.56. The van der Waals surface area contributed by atoms with E-state index >= 15 is 0 Å². The normalized spacial score (nSPS) is 17.0. The average Bonchev–Trinajstić information content (AvgIpc) is 3.32. The van der Waals surface area contributed by atoms with Gasteiger partial charge in [-0.3, -0.25) is 4.79 Å². The lowest BCUT2D eigenvalue weighted by Crippen LogP contribution is -2.44. The second-order valence-corrected chi connectivity index (χ2v) is 9.42. The monoisotopic (exact) mass is 420 g/mol. The molecule has 3 rings (SSSR count). The van der Waals surface area contributed by atoms with Gasteiger partial charge in [-0.2, -0.15) is 4.31 Å². The highest BCUT2D eigenvalue weighted by molar-refractivity contribution is 7.88. The lowest BCUT2D eigenvalue weighted by atomic mass is 10.2. The van der Waals surface area contributed by atoms with Gasteiger partial charge in [-0.05, 0) is 37.5 Å². The van der Waals surface area contributed by atoms with Crippen molar-refractivity contribution >= 4 is 15.9 Å². The summed E-state index contributed by atoms with van der Waals surface area (Å²) in [6.07, 6.45) is 2.69. The molecule has 2 aromatic rings. The van der Waals surface area contributed by atoms with E-state index in [2.05, 4.69) is 0 Å². The molecule has 1 fully saturated rings. The zero-order chi connectivity index (χ0) is 20.9. The molecule has 1 aromatic heterocycles. The molecule has 0 radical (unpaired) electrons. The maximum atomic E-state index is 13.1. The first-order valence-corrected chi connectivity index (χ1v) is 11.6. The highest BCUT2D eigenvalue weighted by Crippen LogP contribution is 2.17. The molecule has 0 bridgehead atoms. The Hall–Kier alpha value is -2.16. The molecule has 0 spiro atoms. The Morgan fingerprint density at radius 2 is 1.90 bits per heavy atom. The molecule has 1 aliphatic rings. The number of hydrogen-bond donors (Lipinski definition) is 0. The number of carbonyl (C=O) groups excluding carboxylic acids is 1. The zero-order valence-electron chi connectivity index (χ0n) is 16.9. The van der Waals surface area contributed by atoms with Crippen LogP contribution in [0.4, 0.5) is 0 Å². The van der Waals surface area contributed by atoms with Crippen LogP contribution in [-0.2, 0) is 32.6 Å². The van der Waals surface area contributed by atoms with Crippen molar-refractivity contribution in [3.05, 3.63) is 59.5 Å². The van der Waals surface area contributed by atoms with Gasteiger partial charge in [0, 0.05) is 19.7 Å². The average molecular weight is 421 g/mol. The predicted octanol–water partition coefficient (Wildman–Crippen LogP) is 2.56. The third-order valence-electron chi connectivity index (χ3n) is 4.92. The molecule has 0 aliphatic carbocycles. The van der Waals surface area contributed by atoms with E-state index in [-0.39, 0.29) is 31.6 Å². The molecule has 7 nitrogen and oxygen atoms in total. The summed E-state index contributed by atoms with van der Waals surface area (Å²) in [4.78, 5) is 14.8. The number of carbonyl (C=O) groups is 1. The number of nitrogens with zero attached hydrogens (tertiary/aromatic N) is 2. The number of benzene rings is 1. The van der Waals surface area contributed by atoms with E-state index in [1.807, 2.05) is 49.4 Å². The van der Waals surface area contributed by atoms with Gasteiger partial charge in [0.15, 0.2) is 0 Å². The summed E-state index contributed by atoms with van der Waals surface area (Å²) in [5.74, 6) is 1.16. The quantitative estimate of drug-likeness (QED) is 0.623. The molecule has 1 aromatic carbocycles. The van der Waals surface area contributed by atoms with Gasteiger partial charge in [-0.15, -0.1) is 0 Å². The van der Waals surface area contributed by atoms with Crippen molar-refractivity contribution in [2.45, 2.75) is 39.0 Å². The number of rotatable bonds is 9. The minimum atomic E-state index is -3.54. The van der Waals surface area contributed by atoms with Crippen LogP contribution in [0.25, 0.3) is 0 Å². The lowest BCUT2D eigenvalue weighted by molar-refractivity contribution is -0.133. The number of hydrogen-bond acceptors (Lipinski definition) is 5. The number of amides is 1. The predicted molar refractivity (Wildman–Crippen MR) is 110 cm³/mol. The van der Waals surface area contributed by atoms with Gasteiger partial charge >= 0.3 is 0 Å². The highest BCUT2D eigenvalue weighted by atomic mass is 32.2. The summed E-state index contributed by atoms with van der Waals surface area (Å²) in [7, 11) is -3.54. The van der Waals surface area contributed by atoms with Crippen LogP contribution >= 0.6 is 0 Å². The van der Waals surface area contributed by atoms with Gasteiger partial charge in [0.1, 0.15) is 11.5 Å². The Balaban J connectivity index is 1.75. The number of sulfonamides is 1. The van der Waals surface area contributed by atoms with Gasteiger partial charge in [0.2, 0.25) is 15.9 Å². The third-order valence-corrected chi connectivity index (χ3v) is 6.14. The smallest absolute Gasteiger partial charge is 0.238 e. The van der Waals surface area contributed by atoms with Gasteiger partial charge < -0.3 is 14.1 Å². The van der Waals surface area contributed by atoms with Crippen LogP contribution in [0.5, 0.6) is 0 Å². The molecule has 8 heteroatoms. The molecule has 1 amide bonds. The van der Waals surface area contributed by atoms with E-state index in [0.29, 0.717) is 18.9 Å². The summed E-state index contributed by atoms with van der Waals surface area (Å²) in [6, 6.07) is 13.3. The van der Waals surface area contributed by atoms with Crippen molar-refractivity contribution in [2.75, 3.05) is 26.0 Å². The van der Waals surface area contributed by atoms with Crippen molar-refractivity contribution in [1.29, 1.82) is 0 Å². The van der Waals surface area contributed by atoms with E-state index < -0.39 is 10.0 Å². The van der Waals surface area contributed by atoms with Crippen LogP contribution < -0.4 is 0 Å². The fourth-order valence-electron chi connectivity index (χ4n) is 3.38. The Labute approximate surface area is 172 Å². The molecule has 1 aliphatic heterocycles. The Morgan fingerprint density at radius 1 is 1.14 bits per heavy atom. The minimum absolute atomic E-state index is 0.159. The van der Waals surface area contributed by atoms with Crippen molar-refractivity contribution in [3.63, 3.8) is 0 Å². The topological polar surface area (TPSA) is 80.1 Å². The molecule has 0 N–H and O–H groups in total. The zero-order valence-corrected chi connectivity index (χ0v) is 17.7. The van der Waals surface area contributed by atoms with Crippen LogP contribution in [0.15, 0.2) is 46.9 Å². The van der Waals surface area contributed by atoms with E-state index in [0.717, 1.165) is 30.4 Å². The van der Waals surface area contributed by atoms with E-state index in [9.17, 15) is 13.2 Å². The molecule has 29 heavy (non-hydrogen) atoms. The van der Waals surface area contributed by atoms with Crippen LogP contribution in [0, 0.1) is 6.92 Å². The molecule has 0 unspecified atom stereocenters. The Morgan fingerprint density at radius 3 is 2.48 bits per heavy atom. The molecule has 0 saturated carbocycles. The molecular weight excluding hydrogens is 392 g/mol. The molecular formula is C21H28N2O5S. The number of aryl methyl sites for hydroxylation is 1. The molecule has 2 heterocycles. The van der Waals surface area contributed by atoms with Gasteiger partial charge in [-0.1, -0.05) is 30.3 Å². The van der Waals surface area contributed by atoms with Gasteiger partial charge in [0.05, 0.1) is 25.4 Å². The van der Waals surface area contributed by atoms with Crippen LogP contribution in [0.2, 0.25) is 0 Å². The summed E-state index contributed by atoms with van der Waals surface area (Å²) in [5, 5.41) is 0. The van der Waals surface area contributed by atoms with Crippen molar-refractivity contribution < 1.29 is 22.4 Å². The SMILES string of the molecule is Cc1ccc(CN(Cc2ccccc2)C(=O)CN(C[C@@H]2CCCO2)S(C)(=O)=O)o1. The maximum Gasteiger partial charge on any atom is 0.238 e. The van der Waals surface area contributed by atoms with Crippen LogP contribution in [-0.4, -0.2) is 55.6 Å². The molecule has 158 valence electrons. The summed E-state index contributed by atoms with van der Waals surface area (Å²) in [6.45, 7) is 3.11. The minimum Gasteiger partial charge on any atom is -0.464 e. The first-order valence-electron chi connectivity index (χ1n) is 9.75. The van der Waals surface area contributed by atoms with Gasteiger partial charge in [-0.25, -0.2) is 8.42 Å². The first-order chi connectivity index (χ1) is 13.8. The van der Waals surface area contributed by atoms with Crippen molar-refractivity contribution in [1.82, 2.24) is 9.21 Å². The molecule has 1 atom stereocenters. The maximum absolute atomic E-state index is 13.1. The lowest BCUT2D eigenvalue weighted by Gasteiger charge is -2.27. The van der Waals surface area contributed by atoms with Gasteiger partial charge in [0.25, 0.3) is 0 Å². The fourth-order valence-corrected chi connectivity index (χ4v) is 4.16. The second-order valence-electron chi connectivity index (χ2n) is 7.44. The molecule has 1 saturated heterocycles. The summed E-state index contributed by atoms with van der Waals surface area (Å²) in [5.41, 5.74) is 0.967. The fraction of sp³-hybridized carbons (Fsp3) is 0.476. The number of ether oxygens (including phenoxy) is 1. The van der Waals surface area contributed by atoms with Crippen LogP contribution in [0.3, 0.4) is 0 Å². The highest BCUT2D eigenvalue weighted by Gasteiger charge is 2.28. The van der Waals surface area contributed by atoms with Crippen LogP contribution in [0.1, 0.15) is 29.9 Å². The van der Waals surface area contributed by atoms with E-state index in [1.54, 1.807) is 4.90 Å². The van der Waals surface area contributed by atoms with Crippen molar-refractivity contribution in [3.8, 4) is 0 Å². The summed E-state index contributed by atoms with van der Waals surface area (Å²) >= 11 is 0. The number of furan rings is 1. The first kappa shape index (κ1) is 21.5. The van der Waals surface area contributed by atoms with E-state index in [4.69, 9.17) is 9.15 Å². The Bertz CT molecular complexity index is 904.